The van der Waals surface area contributed by atoms with E-state index >= 15 is 0 Å². The zero-order valence-electron chi connectivity index (χ0n) is 10.5. The maximum absolute atomic E-state index is 11.2. The lowest BCUT2D eigenvalue weighted by molar-refractivity contribution is -0.135. The van der Waals surface area contributed by atoms with Gasteiger partial charge in [0.05, 0.1) is 6.61 Å². The van der Waals surface area contributed by atoms with Gasteiger partial charge in [-0.1, -0.05) is 6.92 Å². The maximum Gasteiger partial charge on any atom is 0.434 e. The molecule has 0 bridgehead atoms. The second-order valence-corrected chi connectivity index (χ2v) is 4.31. The first-order chi connectivity index (χ1) is 7.26. The lowest BCUT2D eigenvalue weighted by atomic mass is 10.2. The van der Waals surface area contributed by atoms with Gasteiger partial charge in [-0.15, -0.1) is 0 Å². The quantitative estimate of drug-likeness (QED) is 0.550. The molecule has 0 aliphatic carbocycles. The molecule has 0 rings (SSSR count). The van der Waals surface area contributed by atoms with E-state index in [-0.39, 0.29) is 5.71 Å². The molecule has 0 aliphatic rings. The third-order valence-corrected chi connectivity index (χ3v) is 1.39. The number of ether oxygens (including phenoxy) is 2. The number of hydrogen-bond donors (Lipinski definition) is 0. The van der Waals surface area contributed by atoms with E-state index in [1.807, 2.05) is 6.92 Å². The number of rotatable bonds is 3. The number of esters is 1. The second kappa shape index (κ2) is 6.25. The van der Waals surface area contributed by atoms with E-state index < -0.39 is 17.7 Å². The number of aliphatic imine (C=N–C) groups is 1. The van der Waals surface area contributed by atoms with E-state index in [0.717, 1.165) is 6.42 Å². The zero-order chi connectivity index (χ0) is 12.8. The van der Waals surface area contributed by atoms with Gasteiger partial charge in [-0.25, -0.2) is 9.59 Å². The van der Waals surface area contributed by atoms with Gasteiger partial charge in [0.2, 0.25) is 0 Å². The van der Waals surface area contributed by atoms with Crippen molar-refractivity contribution in [1.29, 1.82) is 0 Å². The Morgan fingerprint density at radius 3 is 2.25 bits per heavy atom. The fraction of sp³-hybridized carbons (Fsp3) is 0.727. The van der Waals surface area contributed by atoms with Crippen LogP contribution in [0.15, 0.2) is 4.99 Å². The summed E-state index contributed by atoms with van der Waals surface area (Å²) in [5.74, 6) is -0.590. The van der Waals surface area contributed by atoms with Crippen LogP contribution in [0.5, 0.6) is 0 Å². The lowest BCUT2D eigenvalue weighted by Gasteiger charge is -2.17. The normalized spacial score (nSPS) is 12.2. The van der Waals surface area contributed by atoms with Crippen LogP contribution in [0.25, 0.3) is 0 Å². The largest absolute Gasteiger partial charge is 0.461 e. The van der Waals surface area contributed by atoms with Crippen LogP contribution in [0.3, 0.4) is 0 Å². The van der Waals surface area contributed by atoms with Crippen molar-refractivity contribution in [3.05, 3.63) is 0 Å². The number of carbonyl (C=O) groups excluding carboxylic acids is 2. The van der Waals surface area contributed by atoms with E-state index in [9.17, 15) is 9.59 Å². The molecule has 0 spiro atoms. The van der Waals surface area contributed by atoms with Gasteiger partial charge >= 0.3 is 12.1 Å². The Morgan fingerprint density at radius 1 is 1.25 bits per heavy atom. The Bertz CT molecular complexity index is 289. The smallest absolute Gasteiger partial charge is 0.434 e. The Labute approximate surface area is 95.8 Å². The molecule has 0 aromatic heterocycles. The van der Waals surface area contributed by atoms with Crippen LogP contribution in [-0.4, -0.2) is 30.0 Å². The van der Waals surface area contributed by atoms with Gasteiger partial charge in [-0.05, 0) is 34.1 Å². The topological polar surface area (TPSA) is 65.0 Å². The minimum Gasteiger partial charge on any atom is -0.461 e. The molecule has 0 fully saturated rings. The van der Waals surface area contributed by atoms with Crippen molar-refractivity contribution >= 4 is 17.8 Å². The highest BCUT2D eigenvalue weighted by Crippen LogP contribution is 2.08. The van der Waals surface area contributed by atoms with Gasteiger partial charge in [0, 0.05) is 0 Å². The first-order valence-corrected chi connectivity index (χ1v) is 5.21. The third kappa shape index (κ3) is 6.98. The van der Waals surface area contributed by atoms with Gasteiger partial charge in [0.1, 0.15) is 11.3 Å². The number of hydrogen-bond acceptors (Lipinski definition) is 4. The van der Waals surface area contributed by atoms with Gasteiger partial charge in [-0.2, -0.15) is 4.99 Å². The zero-order valence-corrected chi connectivity index (χ0v) is 10.5. The van der Waals surface area contributed by atoms with Crippen LogP contribution in [0.4, 0.5) is 4.79 Å². The lowest BCUT2D eigenvalue weighted by Crippen LogP contribution is -2.24. The molecule has 5 nitrogen and oxygen atoms in total. The van der Waals surface area contributed by atoms with Crippen LogP contribution in [0.1, 0.15) is 41.0 Å². The van der Waals surface area contributed by atoms with Crippen molar-refractivity contribution < 1.29 is 19.1 Å². The first kappa shape index (κ1) is 14.6. The van der Waals surface area contributed by atoms with Crippen molar-refractivity contribution in [3.8, 4) is 0 Å². The van der Waals surface area contributed by atoms with Crippen molar-refractivity contribution in [2.75, 3.05) is 6.61 Å². The number of carbonyl (C=O) groups is 2. The molecule has 92 valence electrons. The first-order valence-electron chi connectivity index (χ1n) is 5.21. The Kier molecular flexibility index (Phi) is 5.71. The van der Waals surface area contributed by atoms with Crippen LogP contribution >= 0.6 is 0 Å². The molecule has 0 atom stereocenters. The minimum atomic E-state index is -0.779. The predicted octanol–water partition coefficient (Wildman–Crippen LogP) is 2.34. The van der Waals surface area contributed by atoms with Crippen LogP contribution in [-0.2, 0) is 14.3 Å². The molecule has 16 heavy (non-hydrogen) atoms. The van der Waals surface area contributed by atoms with Gasteiger partial charge < -0.3 is 9.47 Å². The molecular weight excluding hydrogens is 210 g/mol. The van der Waals surface area contributed by atoms with E-state index in [0.29, 0.717) is 6.61 Å². The molecule has 0 heterocycles. The van der Waals surface area contributed by atoms with Crippen molar-refractivity contribution in [1.82, 2.24) is 0 Å². The standard InChI is InChI=1S/C11H19NO4/c1-6-7-15-9(13)8(2)12-10(14)16-11(3,4)5/h6-7H2,1-5H3. The fourth-order valence-electron chi connectivity index (χ4n) is 0.767. The molecule has 0 N–H and O–H groups in total. The summed E-state index contributed by atoms with van der Waals surface area (Å²) in [6.45, 7) is 8.80. The molecule has 0 saturated heterocycles. The molecule has 0 aromatic carbocycles. The summed E-state index contributed by atoms with van der Waals surface area (Å²) < 4.78 is 9.74. The van der Waals surface area contributed by atoms with E-state index in [1.54, 1.807) is 20.8 Å². The highest BCUT2D eigenvalue weighted by Gasteiger charge is 2.17. The number of nitrogens with zero attached hydrogens (tertiary/aromatic N) is 1. The Balaban J connectivity index is 4.31. The summed E-state index contributed by atoms with van der Waals surface area (Å²) in [6, 6.07) is 0. The molecule has 0 radical (unpaired) electrons. The molecule has 1 amide bonds. The van der Waals surface area contributed by atoms with Gasteiger partial charge in [0.25, 0.3) is 0 Å². The van der Waals surface area contributed by atoms with Crippen molar-refractivity contribution in [2.45, 2.75) is 46.6 Å². The van der Waals surface area contributed by atoms with Crippen molar-refractivity contribution in [2.24, 2.45) is 4.99 Å². The second-order valence-electron chi connectivity index (χ2n) is 4.31. The van der Waals surface area contributed by atoms with Gasteiger partial charge in [0.15, 0.2) is 0 Å². The van der Waals surface area contributed by atoms with Gasteiger partial charge in [-0.3, -0.25) is 0 Å². The minimum absolute atomic E-state index is 0.00250. The monoisotopic (exact) mass is 229 g/mol. The van der Waals surface area contributed by atoms with E-state index in [1.165, 1.54) is 6.92 Å². The number of amides is 1. The summed E-state index contributed by atoms with van der Waals surface area (Å²) in [4.78, 5) is 26.0. The Morgan fingerprint density at radius 2 is 1.81 bits per heavy atom. The molecular formula is C11H19NO4. The molecule has 0 saturated carbocycles. The average Bonchev–Trinajstić information content (AvgIpc) is 2.10. The predicted molar refractivity (Wildman–Crippen MR) is 60.6 cm³/mol. The summed E-state index contributed by atoms with van der Waals surface area (Å²) in [6.07, 6.45) is -0.0516. The fourth-order valence-corrected chi connectivity index (χ4v) is 0.767. The molecule has 0 unspecified atom stereocenters. The average molecular weight is 229 g/mol. The highest BCUT2D eigenvalue weighted by molar-refractivity contribution is 6.36. The van der Waals surface area contributed by atoms with Crippen LogP contribution < -0.4 is 0 Å². The van der Waals surface area contributed by atoms with Crippen LogP contribution in [0, 0.1) is 0 Å². The SMILES string of the molecule is CCCOC(=O)C(C)=NC(=O)OC(C)(C)C. The van der Waals surface area contributed by atoms with Crippen molar-refractivity contribution in [3.63, 3.8) is 0 Å². The van der Waals surface area contributed by atoms with Crippen LogP contribution in [0.2, 0.25) is 0 Å². The summed E-state index contributed by atoms with van der Waals surface area (Å²) in [5.41, 5.74) is -0.614. The summed E-state index contributed by atoms with van der Waals surface area (Å²) in [7, 11) is 0. The highest BCUT2D eigenvalue weighted by atomic mass is 16.6. The third-order valence-electron chi connectivity index (χ3n) is 1.39. The molecule has 5 heteroatoms. The molecule has 0 aromatic rings. The Hall–Kier alpha value is -1.39. The molecule has 0 aliphatic heterocycles. The maximum atomic E-state index is 11.2. The summed E-state index contributed by atoms with van der Waals surface area (Å²) >= 11 is 0. The summed E-state index contributed by atoms with van der Waals surface area (Å²) in [5, 5.41) is 0. The van der Waals surface area contributed by atoms with E-state index in [2.05, 4.69) is 4.99 Å². The van der Waals surface area contributed by atoms with E-state index in [4.69, 9.17) is 9.47 Å².